The molecule has 1 amide bonds. The van der Waals surface area contributed by atoms with Crippen molar-refractivity contribution in [1.82, 2.24) is 9.80 Å². The van der Waals surface area contributed by atoms with Crippen LogP contribution in [0.2, 0.25) is 0 Å². The van der Waals surface area contributed by atoms with E-state index in [0.717, 1.165) is 19.5 Å². The molecule has 0 spiro atoms. The summed E-state index contributed by atoms with van der Waals surface area (Å²) in [5.74, 6) is -1.20. The molecule has 6 nitrogen and oxygen atoms in total. The van der Waals surface area contributed by atoms with Crippen molar-refractivity contribution >= 4 is 11.9 Å². The minimum atomic E-state index is -0.381. The lowest BCUT2D eigenvalue weighted by Gasteiger charge is -2.34. The summed E-state index contributed by atoms with van der Waals surface area (Å²) in [5, 5.41) is 0. The number of carbonyl (C=O) groups excluding carboxylic acids is 2. The molecule has 2 aliphatic heterocycles. The third-order valence-corrected chi connectivity index (χ3v) is 6.02. The average molecular weight is 441 g/mol. The van der Waals surface area contributed by atoms with Crippen LogP contribution in [0.25, 0.3) is 0 Å². The second-order valence-corrected chi connectivity index (χ2v) is 8.44. The summed E-state index contributed by atoms with van der Waals surface area (Å²) >= 11 is 0. The Hall–Kier alpha value is -2.77. The summed E-state index contributed by atoms with van der Waals surface area (Å²) in [5.41, 5.74) is 1.67. The molecule has 2 heterocycles. The van der Waals surface area contributed by atoms with E-state index >= 15 is 0 Å². The van der Waals surface area contributed by atoms with Crippen molar-refractivity contribution in [3.05, 3.63) is 71.5 Å². The van der Waals surface area contributed by atoms with Crippen molar-refractivity contribution in [2.75, 3.05) is 39.4 Å². The van der Waals surface area contributed by atoms with Gasteiger partial charge in [0.25, 0.3) is 5.91 Å². The molecule has 2 aromatic carbocycles. The van der Waals surface area contributed by atoms with Gasteiger partial charge in [0, 0.05) is 38.3 Å². The van der Waals surface area contributed by atoms with Crippen LogP contribution in [0.1, 0.15) is 28.8 Å². The van der Waals surface area contributed by atoms with Crippen LogP contribution in [0, 0.1) is 11.7 Å². The molecule has 2 atom stereocenters. The monoisotopic (exact) mass is 440 g/mol. The van der Waals surface area contributed by atoms with Gasteiger partial charge in [0.15, 0.2) is 0 Å². The minimum absolute atomic E-state index is 0.156. The van der Waals surface area contributed by atoms with Crippen LogP contribution in [0.5, 0.6) is 0 Å². The van der Waals surface area contributed by atoms with Gasteiger partial charge in [0.1, 0.15) is 18.5 Å². The maximum Gasteiger partial charge on any atom is 0.310 e. The number of hydrogen-bond acceptors (Lipinski definition) is 5. The van der Waals surface area contributed by atoms with Crippen LogP contribution in [0.3, 0.4) is 0 Å². The van der Waals surface area contributed by atoms with Crippen molar-refractivity contribution in [2.45, 2.75) is 25.5 Å². The van der Waals surface area contributed by atoms with Crippen LogP contribution >= 0.6 is 0 Å². The zero-order valence-electron chi connectivity index (χ0n) is 18.1. The van der Waals surface area contributed by atoms with Crippen LogP contribution in [0.4, 0.5) is 4.39 Å². The molecule has 0 aliphatic carbocycles. The number of hydrogen-bond donors (Lipinski definition) is 0. The lowest BCUT2D eigenvalue weighted by molar-refractivity contribution is -0.156. The highest BCUT2D eigenvalue weighted by molar-refractivity contribution is 5.94. The van der Waals surface area contributed by atoms with E-state index in [1.807, 2.05) is 18.2 Å². The Morgan fingerprint density at radius 1 is 1.03 bits per heavy atom. The van der Waals surface area contributed by atoms with Gasteiger partial charge in [-0.15, -0.1) is 0 Å². The first-order valence-electron chi connectivity index (χ1n) is 11.2. The van der Waals surface area contributed by atoms with Crippen molar-refractivity contribution in [3.8, 4) is 0 Å². The molecular weight excluding hydrogens is 411 g/mol. The summed E-state index contributed by atoms with van der Waals surface area (Å²) in [6, 6.07) is 15.8. The molecular formula is C25H29FN2O4. The lowest BCUT2D eigenvalue weighted by atomic mass is 9.97. The quantitative estimate of drug-likeness (QED) is 0.646. The summed E-state index contributed by atoms with van der Waals surface area (Å²) in [6.07, 6.45) is 1.27. The molecule has 0 aromatic heterocycles. The smallest absolute Gasteiger partial charge is 0.310 e. The maximum atomic E-state index is 13.1. The van der Waals surface area contributed by atoms with Gasteiger partial charge in [-0.2, -0.15) is 0 Å². The van der Waals surface area contributed by atoms with E-state index < -0.39 is 0 Å². The Morgan fingerprint density at radius 3 is 2.59 bits per heavy atom. The van der Waals surface area contributed by atoms with Gasteiger partial charge in [-0.05, 0) is 42.7 Å². The molecule has 170 valence electrons. The number of morpholine rings is 1. The van der Waals surface area contributed by atoms with Crippen molar-refractivity contribution < 1.29 is 23.5 Å². The first-order valence-corrected chi connectivity index (χ1v) is 11.2. The van der Waals surface area contributed by atoms with Gasteiger partial charge in [0.05, 0.1) is 12.5 Å². The number of carbonyl (C=O) groups is 2. The molecule has 2 saturated heterocycles. The normalized spacial score (nSPS) is 21.8. The second kappa shape index (κ2) is 10.7. The fraction of sp³-hybridized carbons (Fsp3) is 0.440. The Kier molecular flexibility index (Phi) is 7.50. The van der Waals surface area contributed by atoms with Crippen molar-refractivity contribution in [3.63, 3.8) is 0 Å². The molecule has 32 heavy (non-hydrogen) atoms. The van der Waals surface area contributed by atoms with Gasteiger partial charge >= 0.3 is 5.97 Å². The van der Waals surface area contributed by atoms with E-state index in [2.05, 4.69) is 17.0 Å². The van der Waals surface area contributed by atoms with E-state index in [1.54, 1.807) is 4.90 Å². The molecule has 0 bridgehead atoms. The second-order valence-electron chi connectivity index (χ2n) is 8.44. The highest BCUT2D eigenvalue weighted by Crippen LogP contribution is 2.21. The van der Waals surface area contributed by atoms with Gasteiger partial charge < -0.3 is 14.4 Å². The average Bonchev–Trinajstić information content (AvgIpc) is 2.83. The highest BCUT2D eigenvalue weighted by Gasteiger charge is 2.31. The molecule has 2 aliphatic rings. The van der Waals surface area contributed by atoms with Gasteiger partial charge in [0.2, 0.25) is 0 Å². The first kappa shape index (κ1) is 22.4. The Morgan fingerprint density at radius 2 is 1.81 bits per heavy atom. The number of piperidine rings is 1. The van der Waals surface area contributed by atoms with Crippen molar-refractivity contribution in [1.29, 1.82) is 0 Å². The number of likely N-dealkylation sites (tertiary alicyclic amines) is 1. The molecule has 0 saturated carbocycles. The number of benzene rings is 2. The number of esters is 1. The lowest BCUT2D eigenvalue weighted by Crippen LogP contribution is -2.46. The van der Waals surface area contributed by atoms with E-state index in [0.29, 0.717) is 38.2 Å². The Bertz CT molecular complexity index is 906. The minimum Gasteiger partial charge on any atom is -0.463 e. The number of halogens is 1. The highest BCUT2D eigenvalue weighted by atomic mass is 19.1. The van der Waals surface area contributed by atoms with Crippen LogP contribution in [-0.4, -0.2) is 67.2 Å². The van der Waals surface area contributed by atoms with Crippen LogP contribution in [0.15, 0.2) is 54.6 Å². The SMILES string of the molecule is O=C(OCC1CN(Cc2ccccc2)CCO1)C1CCCN(C(=O)c2ccc(F)cc2)C1. The molecule has 7 heteroatoms. The van der Waals surface area contributed by atoms with Gasteiger partial charge in [-0.1, -0.05) is 30.3 Å². The standard InChI is InChI=1S/C25H29FN2O4/c26-22-10-8-20(9-11-22)24(29)28-12-4-7-21(16-28)25(30)32-18-23-17-27(13-14-31-23)15-19-5-2-1-3-6-19/h1-3,5-6,8-11,21,23H,4,7,12-18H2. The zero-order valence-corrected chi connectivity index (χ0v) is 18.1. The van der Waals surface area contributed by atoms with E-state index in [-0.39, 0.29) is 36.3 Å². The molecule has 0 radical (unpaired) electrons. The number of ether oxygens (including phenoxy) is 2. The molecule has 2 unspecified atom stereocenters. The van der Waals surface area contributed by atoms with Crippen LogP contribution in [-0.2, 0) is 20.8 Å². The van der Waals surface area contributed by atoms with Crippen molar-refractivity contribution in [2.24, 2.45) is 5.92 Å². The topological polar surface area (TPSA) is 59.1 Å². The number of amides is 1. The summed E-state index contributed by atoms with van der Waals surface area (Å²) in [6.45, 7) is 4.13. The fourth-order valence-corrected chi connectivity index (χ4v) is 4.29. The van der Waals surface area contributed by atoms with Crippen LogP contribution < -0.4 is 0 Å². The molecule has 2 aromatic rings. The zero-order chi connectivity index (χ0) is 22.3. The summed E-state index contributed by atoms with van der Waals surface area (Å²) in [7, 11) is 0. The predicted octanol–water partition coefficient (Wildman–Crippen LogP) is 3.12. The molecule has 4 rings (SSSR count). The summed E-state index contributed by atoms with van der Waals surface area (Å²) < 4.78 is 24.5. The van der Waals surface area contributed by atoms with Gasteiger partial charge in [-0.3, -0.25) is 14.5 Å². The number of rotatable bonds is 6. The Balaban J connectivity index is 1.25. The van der Waals surface area contributed by atoms with E-state index in [9.17, 15) is 14.0 Å². The molecule has 2 fully saturated rings. The molecule has 0 N–H and O–H groups in total. The largest absolute Gasteiger partial charge is 0.463 e. The van der Waals surface area contributed by atoms with E-state index in [1.165, 1.54) is 29.8 Å². The maximum absolute atomic E-state index is 13.1. The first-order chi connectivity index (χ1) is 15.6. The fourth-order valence-electron chi connectivity index (χ4n) is 4.29. The third kappa shape index (κ3) is 5.93. The number of nitrogens with zero attached hydrogens (tertiary/aromatic N) is 2. The summed E-state index contributed by atoms with van der Waals surface area (Å²) in [4.78, 5) is 29.3. The van der Waals surface area contributed by atoms with E-state index in [4.69, 9.17) is 9.47 Å². The predicted molar refractivity (Wildman–Crippen MR) is 117 cm³/mol. The van der Waals surface area contributed by atoms with Gasteiger partial charge in [-0.25, -0.2) is 4.39 Å². The Labute approximate surface area is 187 Å². The third-order valence-electron chi connectivity index (χ3n) is 6.02.